The molecule has 1 aliphatic heterocycles. The molecule has 0 radical (unpaired) electrons. The zero-order valence-electron chi connectivity index (χ0n) is 10.1. The van der Waals surface area contributed by atoms with Crippen molar-refractivity contribution in [2.75, 3.05) is 13.6 Å². The van der Waals surface area contributed by atoms with Gasteiger partial charge in [0.05, 0.1) is 13.6 Å². The van der Waals surface area contributed by atoms with Crippen LogP contribution in [0.2, 0.25) is 0 Å². The Labute approximate surface area is 110 Å². The summed E-state index contributed by atoms with van der Waals surface area (Å²) in [4.78, 5) is 25.5. The first kappa shape index (κ1) is 11.7. The van der Waals surface area contributed by atoms with Gasteiger partial charge in [-0.05, 0) is 30.9 Å². The summed E-state index contributed by atoms with van der Waals surface area (Å²) in [5.74, 6) is -0.174. The van der Waals surface area contributed by atoms with Crippen molar-refractivity contribution in [3.63, 3.8) is 0 Å². The molecule has 94 valence electrons. The van der Waals surface area contributed by atoms with Crippen LogP contribution >= 0.6 is 11.6 Å². The molecule has 1 fully saturated rings. The minimum atomic E-state index is -0.502. The van der Waals surface area contributed by atoms with E-state index >= 15 is 0 Å². The van der Waals surface area contributed by atoms with E-state index in [-0.39, 0.29) is 11.9 Å². The van der Waals surface area contributed by atoms with Gasteiger partial charge in [0.25, 0.3) is 0 Å². The normalized spacial score (nSPS) is 27.6. The molecule has 3 aliphatic rings. The van der Waals surface area contributed by atoms with Crippen LogP contribution in [0.1, 0.15) is 12.8 Å². The fraction of sp³-hybridized carbons (Fsp3) is 0.462. The Morgan fingerprint density at radius 1 is 1.44 bits per heavy atom. The van der Waals surface area contributed by atoms with E-state index in [1.807, 2.05) is 6.08 Å². The highest BCUT2D eigenvalue weighted by molar-refractivity contribution is 6.36. The van der Waals surface area contributed by atoms with E-state index in [1.54, 1.807) is 16.7 Å². The first-order valence-corrected chi connectivity index (χ1v) is 6.47. The average molecular weight is 266 g/mol. The Kier molecular flexibility index (Phi) is 2.63. The predicted molar refractivity (Wildman–Crippen MR) is 67.6 cm³/mol. The lowest BCUT2D eigenvalue weighted by atomic mass is 9.94. The van der Waals surface area contributed by atoms with Crippen LogP contribution in [-0.4, -0.2) is 40.7 Å². The van der Waals surface area contributed by atoms with Gasteiger partial charge in [0.1, 0.15) is 5.71 Å². The molecule has 1 atom stereocenters. The van der Waals surface area contributed by atoms with E-state index in [0.29, 0.717) is 17.5 Å². The van der Waals surface area contributed by atoms with Crippen molar-refractivity contribution in [2.24, 2.45) is 11.8 Å². The van der Waals surface area contributed by atoms with Crippen molar-refractivity contribution >= 4 is 29.3 Å². The fourth-order valence-corrected chi connectivity index (χ4v) is 2.66. The summed E-state index contributed by atoms with van der Waals surface area (Å²) < 4.78 is 1.70. The lowest BCUT2D eigenvalue weighted by Gasteiger charge is -2.26. The number of carbonyl (C=O) groups excluding carboxylic acids is 2. The number of allylic oxidation sites excluding steroid dienone is 3. The molecule has 0 aromatic rings. The summed E-state index contributed by atoms with van der Waals surface area (Å²) in [6.45, 7) is 0.691. The number of nitrogens with zero attached hydrogens (tertiary/aromatic N) is 2. The fourth-order valence-electron chi connectivity index (χ4n) is 2.38. The molecule has 3 amide bonds. The van der Waals surface area contributed by atoms with Crippen molar-refractivity contribution in [3.8, 4) is 0 Å². The van der Waals surface area contributed by atoms with E-state index < -0.39 is 5.92 Å². The predicted octanol–water partition coefficient (Wildman–Crippen LogP) is 1.75. The second kappa shape index (κ2) is 4.05. The highest BCUT2D eigenvalue weighted by Crippen LogP contribution is 2.32. The zero-order chi connectivity index (χ0) is 12.9. The molecule has 0 aromatic carbocycles. The molecule has 3 rings (SSSR count). The van der Waals surface area contributed by atoms with Crippen molar-refractivity contribution < 1.29 is 14.2 Å². The molecule has 0 aromatic heterocycles. The lowest BCUT2D eigenvalue weighted by molar-refractivity contribution is -0.443. The maximum Gasteiger partial charge on any atom is 0.500 e. The highest BCUT2D eigenvalue weighted by Gasteiger charge is 2.48. The molecule has 5 heteroatoms. The van der Waals surface area contributed by atoms with Crippen molar-refractivity contribution in [1.29, 1.82) is 0 Å². The number of urea groups is 1. The van der Waals surface area contributed by atoms with Crippen LogP contribution in [0.15, 0.2) is 23.3 Å². The van der Waals surface area contributed by atoms with Crippen molar-refractivity contribution in [2.45, 2.75) is 12.8 Å². The van der Waals surface area contributed by atoms with Gasteiger partial charge in [0.15, 0.2) is 5.92 Å². The first-order valence-electron chi connectivity index (χ1n) is 6.09. The van der Waals surface area contributed by atoms with Gasteiger partial charge >= 0.3 is 11.9 Å². The van der Waals surface area contributed by atoms with Crippen LogP contribution in [-0.2, 0) is 4.79 Å². The minimum Gasteiger partial charge on any atom is -0.245 e. The summed E-state index contributed by atoms with van der Waals surface area (Å²) in [6, 6.07) is -0.242. The smallest absolute Gasteiger partial charge is 0.245 e. The summed E-state index contributed by atoms with van der Waals surface area (Å²) in [7, 11) is 1.52. The summed E-state index contributed by atoms with van der Waals surface area (Å²) >= 11 is 6.12. The van der Waals surface area contributed by atoms with Gasteiger partial charge in [-0.3, -0.25) is 0 Å². The second-order valence-electron chi connectivity index (χ2n) is 5.00. The van der Waals surface area contributed by atoms with Crippen LogP contribution in [0.4, 0.5) is 4.79 Å². The maximum atomic E-state index is 12.2. The molecule has 0 N–H and O–H groups in total. The molecule has 0 saturated heterocycles. The topological polar surface area (TPSA) is 40.4 Å². The van der Waals surface area contributed by atoms with Gasteiger partial charge in [0.2, 0.25) is 0 Å². The van der Waals surface area contributed by atoms with Crippen LogP contribution in [0.5, 0.6) is 0 Å². The van der Waals surface area contributed by atoms with E-state index in [0.717, 1.165) is 18.6 Å². The second-order valence-corrected chi connectivity index (χ2v) is 5.44. The molecule has 1 unspecified atom stereocenters. The summed E-state index contributed by atoms with van der Waals surface area (Å²) in [5, 5.41) is 0.484. The van der Waals surface area contributed by atoms with E-state index in [2.05, 4.69) is 0 Å². The Bertz CT molecular complexity index is 529. The van der Waals surface area contributed by atoms with Gasteiger partial charge in [-0.25, -0.2) is 4.79 Å². The monoisotopic (exact) mass is 265 g/mol. The quantitative estimate of drug-likeness (QED) is 0.714. The zero-order valence-corrected chi connectivity index (χ0v) is 10.9. The third-order valence-corrected chi connectivity index (χ3v) is 3.98. The lowest BCUT2D eigenvalue weighted by Crippen LogP contribution is -2.53. The molecule has 0 spiro atoms. The molecule has 0 bridgehead atoms. The number of carbonyl (C=O) groups is 2. The first-order chi connectivity index (χ1) is 8.59. The molecular formula is C13H14ClN2O2+. The third-order valence-electron chi connectivity index (χ3n) is 3.64. The third kappa shape index (κ3) is 1.72. The SMILES string of the molecule is CN1C(=O)C2C(Cl)=CC=CC2=[N+](CC2CC2)C1=O. The number of halogens is 1. The summed E-state index contributed by atoms with van der Waals surface area (Å²) in [6.07, 6.45) is 7.65. The van der Waals surface area contributed by atoms with Crippen molar-refractivity contribution in [1.82, 2.24) is 4.90 Å². The number of imide groups is 1. The van der Waals surface area contributed by atoms with Crippen LogP contribution in [0.3, 0.4) is 0 Å². The van der Waals surface area contributed by atoms with E-state index in [1.165, 1.54) is 11.9 Å². The average Bonchev–Trinajstić information content (AvgIpc) is 3.15. The molecule has 2 aliphatic carbocycles. The largest absolute Gasteiger partial charge is 0.500 e. The Hall–Kier alpha value is -1.42. The number of hydrogen-bond donors (Lipinski definition) is 0. The standard InChI is InChI=1S/C13H14ClN2O2/c1-15-12(17)11-9(14)3-2-4-10(11)16(13(15)18)7-8-5-6-8/h2-4,8,11H,5-7H2,1H3/q+1. The highest BCUT2D eigenvalue weighted by atomic mass is 35.5. The van der Waals surface area contributed by atoms with Gasteiger partial charge in [-0.1, -0.05) is 17.7 Å². The van der Waals surface area contributed by atoms with E-state index in [9.17, 15) is 9.59 Å². The van der Waals surface area contributed by atoms with Crippen LogP contribution < -0.4 is 0 Å². The molecular weight excluding hydrogens is 252 g/mol. The number of amides is 3. The van der Waals surface area contributed by atoms with Gasteiger partial charge in [0, 0.05) is 5.03 Å². The molecule has 1 heterocycles. The van der Waals surface area contributed by atoms with Crippen molar-refractivity contribution in [3.05, 3.63) is 23.3 Å². The number of hydrogen-bond acceptors (Lipinski definition) is 2. The molecule has 4 nitrogen and oxygen atoms in total. The van der Waals surface area contributed by atoms with Gasteiger partial charge in [-0.2, -0.15) is 14.3 Å². The Morgan fingerprint density at radius 2 is 2.17 bits per heavy atom. The maximum absolute atomic E-state index is 12.2. The Morgan fingerprint density at radius 3 is 2.83 bits per heavy atom. The van der Waals surface area contributed by atoms with Gasteiger partial charge in [-0.15, -0.1) is 0 Å². The molecule has 18 heavy (non-hydrogen) atoms. The Balaban J connectivity index is 2.08. The van der Waals surface area contributed by atoms with E-state index in [4.69, 9.17) is 11.6 Å². The molecule has 1 saturated carbocycles. The van der Waals surface area contributed by atoms with Crippen LogP contribution in [0, 0.1) is 11.8 Å². The van der Waals surface area contributed by atoms with Gasteiger partial charge < -0.3 is 0 Å². The summed E-state index contributed by atoms with van der Waals surface area (Å²) in [5.41, 5.74) is 0.725. The van der Waals surface area contributed by atoms with Crippen LogP contribution in [0.25, 0.3) is 0 Å². The number of fused-ring (bicyclic) bond motifs is 1. The number of rotatable bonds is 2. The minimum absolute atomic E-state index is 0.242.